The second-order valence-electron chi connectivity index (χ2n) is 4.87. The standard InChI is InChI=1S/C14H22N2O2/c1-2-10-18-13-4-3-9-16(14(13)17)11-12-5-7-15-8-6-12/h3-4,9,12,15H,2,5-8,10-11H2,1H3. The van der Waals surface area contributed by atoms with Gasteiger partial charge >= 0.3 is 0 Å². The minimum atomic E-state index is 0.00415. The van der Waals surface area contributed by atoms with Gasteiger partial charge in [-0.25, -0.2) is 0 Å². The Kier molecular flexibility index (Phi) is 4.81. The topological polar surface area (TPSA) is 43.3 Å². The first-order valence-corrected chi connectivity index (χ1v) is 6.84. The van der Waals surface area contributed by atoms with Crippen LogP contribution in [0.3, 0.4) is 0 Å². The quantitative estimate of drug-likeness (QED) is 0.864. The number of nitrogens with one attached hydrogen (secondary N) is 1. The fraction of sp³-hybridized carbons (Fsp3) is 0.643. The number of hydrogen-bond donors (Lipinski definition) is 1. The van der Waals surface area contributed by atoms with Crippen molar-refractivity contribution in [2.75, 3.05) is 19.7 Å². The van der Waals surface area contributed by atoms with E-state index >= 15 is 0 Å². The van der Waals surface area contributed by atoms with Crippen molar-refractivity contribution in [3.05, 3.63) is 28.7 Å². The van der Waals surface area contributed by atoms with E-state index in [1.54, 1.807) is 10.6 Å². The summed E-state index contributed by atoms with van der Waals surface area (Å²) in [6.45, 7) is 5.57. The lowest BCUT2D eigenvalue weighted by atomic mass is 9.98. The number of hydrogen-bond acceptors (Lipinski definition) is 3. The predicted octanol–water partition coefficient (Wildman–Crippen LogP) is 1.64. The zero-order valence-electron chi connectivity index (χ0n) is 11.0. The summed E-state index contributed by atoms with van der Waals surface area (Å²) in [4.78, 5) is 12.2. The summed E-state index contributed by atoms with van der Waals surface area (Å²) in [7, 11) is 0. The Bertz CT molecular complexity index is 422. The van der Waals surface area contributed by atoms with Crippen LogP contribution in [0.1, 0.15) is 26.2 Å². The Labute approximate surface area is 108 Å². The molecule has 2 heterocycles. The molecule has 1 N–H and O–H groups in total. The molecule has 1 aromatic heterocycles. The van der Waals surface area contributed by atoms with Gasteiger partial charge in [-0.05, 0) is 50.4 Å². The smallest absolute Gasteiger partial charge is 0.292 e. The van der Waals surface area contributed by atoms with E-state index in [2.05, 4.69) is 5.32 Å². The Morgan fingerprint density at radius 1 is 1.44 bits per heavy atom. The van der Waals surface area contributed by atoms with E-state index in [-0.39, 0.29) is 5.56 Å². The highest BCUT2D eigenvalue weighted by Crippen LogP contribution is 2.14. The van der Waals surface area contributed by atoms with Crippen molar-refractivity contribution in [3.63, 3.8) is 0 Å². The maximum absolute atomic E-state index is 12.2. The van der Waals surface area contributed by atoms with Crippen LogP contribution in [0, 0.1) is 5.92 Å². The summed E-state index contributed by atoms with van der Waals surface area (Å²) in [6.07, 6.45) is 5.07. The lowest BCUT2D eigenvalue weighted by Gasteiger charge is -2.23. The molecule has 1 saturated heterocycles. The molecule has 4 heteroatoms. The molecule has 0 aromatic carbocycles. The predicted molar refractivity (Wildman–Crippen MR) is 72.1 cm³/mol. The highest BCUT2D eigenvalue weighted by Gasteiger charge is 2.14. The molecule has 1 aliphatic heterocycles. The third kappa shape index (κ3) is 3.35. The number of piperidine rings is 1. The molecule has 0 radical (unpaired) electrons. The average Bonchev–Trinajstić information content (AvgIpc) is 2.41. The molecule has 1 aliphatic rings. The van der Waals surface area contributed by atoms with Gasteiger partial charge in [0.2, 0.25) is 0 Å². The molecule has 0 spiro atoms. The summed E-state index contributed by atoms with van der Waals surface area (Å²) in [5.74, 6) is 1.08. The van der Waals surface area contributed by atoms with E-state index in [1.807, 2.05) is 19.2 Å². The molecular weight excluding hydrogens is 228 g/mol. The van der Waals surface area contributed by atoms with E-state index in [1.165, 1.54) is 0 Å². The number of aromatic nitrogens is 1. The van der Waals surface area contributed by atoms with Gasteiger partial charge in [0.1, 0.15) is 0 Å². The molecule has 0 bridgehead atoms. The van der Waals surface area contributed by atoms with Gasteiger partial charge in [0.25, 0.3) is 5.56 Å². The summed E-state index contributed by atoms with van der Waals surface area (Å²) < 4.78 is 7.26. The minimum absolute atomic E-state index is 0.00415. The third-order valence-electron chi connectivity index (χ3n) is 3.36. The minimum Gasteiger partial charge on any atom is -0.488 e. The van der Waals surface area contributed by atoms with Gasteiger partial charge in [-0.1, -0.05) is 6.92 Å². The van der Waals surface area contributed by atoms with Crippen molar-refractivity contribution >= 4 is 0 Å². The van der Waals surface area contributed by atoms with E-state index in [0.717, 1.165) is 38.9 Å². The molecule has 2 rings (SSSR count). The summed E-state index contributed by atoms with van der Waals surface area (Å²) >= 11 is 0. The van der Waals surface area contributed by atoms with Gasteiger partial charge in [0.05, 0.1) is 6.61 Å². The molecular formula is C14H22N2O2. The normalized spacial score (nSPS) is 16.7. The van der Waals surface area contributed by atoms with E-state index < -0.39 is 0 Å². The number of ether oxygens (including phenoxy) is 1. The van der Waals surface area contributed by atoms with Crippen LogP contribution in [0.2, 0.25) is 0 Å². The van der Waals surface area contributed by atoms with Crippen molar-refractivity contribution in [3.8, 4) is 5.75 Å². The van der Waals surface area contributed by atoms with Gasteiger partial charge in [0, 0.05) is 12.7 Å². The molecule has 0 saturated carbocycles. The fourth-order valence-electron chi connectivity index (χ4n) is 2.32. The first kappa shape index (κ1) is 13.1. The van der Waals surface area contributed by atoms with Crippen LogP contribution in [0.25, 0.3) is 0 Å². The second kappa shape index (κ2) is 6.59. The maximum Gasteiger partial charge on any atom is 0.292 e. The first-order valence-electron chi connectivity index (χ1n) is 6.84. The van der Waals surface area contributed by atoms with Crippen LogP contribution in [0.15, 0.2) is 23.1 Å². The molecule has 0 unspecified atom stereocenters. The van der Waals surface area contributed by atoms with Gasteiger partial charge in [-0.3, -0.25) is 4.79 Å². The van der Waals surface area contributed by atoms with Crippen molar-refractivity contribution in [1.29, 1.82) is 0 Å². The van der Waals surface area contributed by atoms with Gasteiger partial charge < -0.3 is 14.6 Å². The zero-order chi connectivity index (χ0) is 12.8. The Morgan fingerprint density at radius 2 is 2.22 bits per heavy atom. The lowest BCUT2D eigenvalue weighted by Crippen LogP contribution is -2.32. The zero-order valence-corrected chi connectivity index (χ0v) is 11.0. The molecule has 4 nitrogen and oxygen atoms in total. The second-order valence-corrected chi connectivity index (χ2v) is 4.87. The number of nitrogens with zero attached hydrogens (tertiary/aromatic N) is 1. The highest BCUT2D eigenvalue weighted by atomic mass is 16.5. The molecule has 1 aromatic rings. The SMILES string of the molecule is CCCOc1cccn(CC2CCNCC2)c1=O. The molecule has 18 heavy (non-hydrogen) atoms. The van der Waals surface area contributed by atoms with Crippen molar-refractivity contribution < 1.29 is 4.74 Å². The molecule has 0 atom stereocenters. The number of pyridine rings is 1. The summed E-state index contributed by atoms with van der Waals surface area (Å²) in [6, 6.07) is 3.66. The summed E-state index contributed by atoms with van der Waals surface area (Å²) in [5, 5.41) is 3.34. The van der Waals surface area contributed by atoms with Gasteiger partial charge in [-0.15, -0.1) is 0 Å². The van der Waals surface area contributed by atoms with Crippen LogP contribution >= 0.6 is 0 Å². The van der Waals surface area contributed by atoms with Crippen molar-refractivity contribution in [1.82, 2.24) is 9.88 Å². The Balaban J connectivity index is 2.05. The molecule has 0 aliphatic carbocycles. The van der Waals surface area contributed by atoms with E-state index in [0.29, 0.717) is 18.3 Å². The largest absolute Gasteiger partial charge is 0.488 e. The fourth-order valence-corrected chi connectivity index (χ4v) is 2.32. The van der Waals surface area contributed by atoms with Crippen LogP contribution < -0.4 is 15.6 Å². The molecule has 1 fully saturated rings. The first-order chi connectivity index (χ1) is 8.81. The van der Waals surface area contributed by atoms with E-state index in [9.17, 15) is 4.79 Å². The third-order valence-corrected chi connectivity index (χ3v) is 3.36. The molecule has 0 amide bonds. The van der Waals surface area contributed by atoms with Crippen molar-refractivity contribution in [2.45, 2.75) is 32.7 Å². The maximum atomic E-state index is 12.2. The summed E-state index contributed by atoms with van der Waals surface area (Å²) in [5.41, 5.74) is 0.00415. The Morgan fingerprint density at radius 3 is 2.94 bits per heavy atom. The number of rotatable bonds is 5. The average molecular weight is 250 g/mol. The molecule has 100 valence electrons. The van der Waals surface area contributed by atoms with Crippen LogP contribution in [0.4, 0.5) is 0 Å². The lowest BCUT2D eigenvalue weighted by molar-refractivity contribution is 0.300. The van der Waals surface area contributed by atoms with Crippen LogP contribution in [-0.4, -0.2) is 24.3 Å². The van der Waals surface area contributed by atoms with Gasteiger partial charge in [-0.2, -0.15) is 0 Å². The highest BCUT2D eigenvalue weighted by molar-refractivity contribution is 5.17. The Hall–Kier alpha value is -1.29. The van der Waals surface area contributed by atoms with Crippen molar-refractivity contribution in [2.24, 2.45) is 5.92 Å². The van der Waals surface area contributed by atoms with E-state index in [4.69, 9.17) is 4.74 Å². The van der Waals surface area contributed by atoms with Crippen LogP contribution in [-0.2, 0) is 6.54 Å². The van der Waals surface area contributed by atoms with Gasteiger partial charge in [0.15, 0.2) is 5.75 Å². The van der Waals surface area contributed by atoms with Crippen LogP contribution in [0.5, 0.6) is 5.75 Å². The monoisotopic (exact) mass is 250 g/mol.